The van der Waals surface area contributed by atoms with Gasteiger partial charge in [-0.15, -0.1) is 0 Å². The van der Waals surface area contributed by atoms with Gasteiger partial charge in [-0.05, 0) is 34.7 Å². The van der Waals surface area contributed by atoms with Crippen LogP contribution in [0.15, 0.2) is 0 Å². The minimum atomic E-state index is -0.713. The molecule has 0 aromatic heterocycles. The maximum atomic E-state index is 12.2. The van der Waals surface area contributed by atoms with E-state index < -0.39 is 5.60 Å². The number of hydrogen-bond donors (Lipinski definition) is 0. The maximum Gasteiger partial charge on any atom is 0.254 e. The highest BCUT2D eigenvalue weighted by atomic mass is 16.5. The first-order valence-corrected chi connectivity index (χ1v) is 5.86. The second kappa shape index (κ2) is 4.72. The maximum absolute atomic E-state index is 12.2. The van der Waals surface area contributed by atoms with E-state index in [0.717, 1.165) is 13.1 Å². The quantitative estimate of drug-likeness (QED) is 0.706. The van der Waals surface area contributed by atoms with Gasteiger partial charge in [0.25, 0.3) is 5.91 Å². The van der Waals surface area contributed by atoms with Crippen LogP contribution in [-0.2, 0) is 9.53 Å². The molecule has 0 saturated carbocycles. The van der Waals surface area contributed by atoms with Gasteiger partial charge in [0.05, 0.1) is 0 Å². The van der Waals surface area contributed by atoms with E-state index in [1.54, 1.807) is 7.11 Å². The van der Waals surface area contributed by atoms with Crippen LogP contribution in [0.2, 0.25) is 0 Å². The number of rotatable bonds is 2. The fourth-order valence-corrected chi connectivity index (χ4v) is 2.04. The Labute approximate surface area is 98.5 Å². The van der Waals surface area contributed by atoms with E-state index in [0.29, 0.717) is 12.1 Å². The van der Waals surface area contributed by atoms with E-state index in [1.807, 2.05) is 18.7 Å². The Morgan fingerprint density at radius 2 is 1.69 bits per heavy atom. The van der Waals surface area contributed by atoms with Crippen LogP contribution >= 0.6 is 0 Å². The van der Waals surface area contributed by atoms with Crippen molar-refractivity contribution in [3.8, 4) is 0 Å². The van der Waals surface area contributed by atoms with Gasteiger partial charge in [0.15, 0.2) is 0 Å². The molecule has 0 spiro atoms. The summed E-state index contributed by atoms with van der Waals surface area (Å²) in [5, 5.41) is 0. The van der Waals surface area contributed by atoms with Crippen LogP contribution in [0.25, 0.3) is 0 Å². The van der Waals surface area contributed by atoms with Crippen molar-refractivity contribution in [2.45, 2.75) is 45.4 Å². The van der Waals surface area contributed by atoms with E-state index in [9.17, 15) is 4.79 Å². The number of hydrogen-bond acceptors (Lipinski definition) is 3. The fraction of sp³-hybridized carbons (Fsp3) is 0.917. The van der Waals surface area contributed by atoms with Crippen LogP contribution in [-0.4, -0.2) is 60.6 Å². The zero-order valence-corrected chi connectivity index (χ0v) is 11.3. The van der Waals surface area contributed by atoms with Crippen molar-refractivity contribution in [3.05, 3.63) is 0 Å². The van der Waals surface area contributed by atoms with Gasteiger partial charge < -0.3 is 9.64 Å². The van der Waals surface area contributed by atoms with Gasteiger partial charge in [-0.2, -0.15) is 0 Å². The van der Waals surface area contributed by atoms with E-state index in [2.05, 4.69) is 25.8 Å². The average molecular weight is 228 g/mol. The summed E-state index contributed by atoms with van der Waals surface area (Å²) in [6.45, 7) is 9.51. The van der Waals surface area contributed by atoms with Gasteiger partial charge in [-0.25, -0.2) is 0 Å². The molecule has 0 radical (unpaired) electrons. The molecule has 1 heterocycles. The molecule has 0 aliphatic carbocycles. The average Bonchev–Trinajstić information content (AvgIpc) is 2.24. The van der Waals surface area contributed by atoms with Gasteiger partial charge >= 0.3 is 0 Å². The summed E-state index contributed by atoms with van der Waals surface area (Å²) in [6.07, 6.45) is 0. The minimum Gasteiger partial charge on any atom is -0.369 e. The van der Waals surface area contributed by atoms with Crippen molar-refractivity contribution in [2.75, 3.05) is 27.2 Å². The molecule has 94 valence electrons. The first-order chi connectivity index (χ1) is 7.29. The Morgan fingerprint density at radius 3 is 2.06 bits per heavy atom. The third-order valence-electron chi connectivity index (χ3n) is 3.67. The van der Waals surface area contributed by atoms with Gasteiger partial charge in [-0.3, -0.25) is 9.69 Å². The summed E-state index contributed by atoms with van der Waals surface area (Å²) >= 11 is 0. The molecule has 1 fully saturated rings. The molecule has 0 N–H and O–H groups in total. The lowest BCUT2D eigenvalue weighted by atomic mass is 10.0. The lowest BCUT2D eigenvalue weighted by molar-refractivity contribution is -0.154. The van der Waals surface area contributed by atoms with Crippen LogP contribution in [0.4, 0.5) is 0 Å². The second-order valence-corrected chi connectivity index (χ2v) is 5.29. The monoisotopic (exact) mass is 228 g/mol. The predicted octanol–water partition coefficient (Wildman–Crippen LogP) is 0.962. The smallest absolute Gasteiger partial charge is 0.254 e. The van der Waals surface area contributed by atoms with E-state index in [-0.39, 0.29) is 5.91 Å². The Kier molecular flexibility index (Phi) is 3.97. The number of ether oxygens (including phenoxy) is 1. The van der Waals surface area contributed by atoms with E-state index >= 15 is 0 Å². The first kappa shape index (κ1) is 13.5. The molecule has 4 heteroatoms. The third kappa shape index (κ3) is 2.55. The molecular formula is C12H24N2O2. The largest absolute Gasteiger partial charge is 0.369 e. The van der Waals surface area contributed by atoms with Gasteiger partial charge in [0.2, 0.25) is 0 Å². The molecule has 2 atom stereocenters. The standard InChI is InChI=1S/C12H24N2O2/c1-9-7-14(8-10(2)13(9)5)11(15)12(3,4)16-6/h9-10H,7-8H2,1-6H3. The van der Waals surface area contributed by atoms with Crippen molar-refractivity contribution in [1.29, 1.82) is 0 Å². The molecule has 0 bridgehead atoms. The summed E-state index contributed by atoms with van der Waals surface area (Å²) in [5.41, 5.74) is -0.713. The van der Waals surface area contributed by atoms with Crippen LogP contribution in [0.1, 0.15) is 27.7 Å². The van der Waals surface area contributed by atoms with Gasteiger partial charge in [-0.1, -0.05) is 0 Å². The molecule has 4 nitrogen and oxygen atoms in total. The second-order valence-electron chi connectivity index (χ2n) is 5.29. The molecule has 2 unspecified atom stereocenters. The van der Waals surface area contributed by atoms with Crippen molar-refractivity contribution in [3.63, 3.8) is 0 Å². The summed E-state index contributed by atoms with van der Waals surface area (Å²) in [4.78, 5) is 16.5. The topological polar surface area (TPSA) is 32.8 Å². The van der Waals surface area contributed by atoms with Crippen LogP contribution in [0, 0.1) is 0 Å². The Hall–Kier alpha value is -0.610. The van der Waals surface area contributed by atoms with E-state index in [1.165, 1.54) is 0 Å². The fourth-order valence-electron chi connectivity index (χ4n) is 2.04. The molecule has 0 aromatic carbocycles. The molecule has 16 heavy (non-hydrogen) atoms. The number of carbonyl (C=O) groups excluding carboxylic acids is 1. The minimum absolute atomic E-state index is 0.0850. The molecule has 1 amide bonds. The van der Waals surface area contributed by atoms with Crippen LogP contribution in [0.3, 0.4) is 0 Å². The normalized spacial score (nSPS) is 28.2. The number of nitrogens with zero attached hydrogens (tertiary/aromatic N) is 2. The molecule has 1 aliphatic rings. The highest BCUT2D eigenvalue weighted by Crippen LogP contribution is 2.19. The number of carbonyl (C=O) groups is 1. The molecule has 1 aliphatic heterocycles. The highest BCUT2D eigenvalue weighted by molar-refractivity contribution is 5.84. The predicted molar refractivity (Wildman–Crippen MR) is 64.4 cm³/mol. The van der Waals surface area contributed by atoms with Crippen molar-refractivity contribution in [1.82, 2.24) is 9.80 Å². The van der Waals surface area contributed by atoms with Crippen molar-refractivity contribution >= 4 is 5.91 Å². The third-order valence-corrected chi connectivity index (χ3v) is 3.67. The summed E-state index contributed by atoms with van der Waals surface area (Å²) < 4.78 is 5.25. The summed E-state index contributed by atoms with van der Waals surface area (Å²) in [7, 11) is 3.69. The SMILES string of the molecule is COC(C)(C)C(=O)N1CC(C)N(C)C(C)C1. The van der Waals surface area contributed by atoms with Crippen LogP contribution < -0.4 is 0 Å². The molecule has 1 rings (SSSR count). The Bertz CT molecular complexity index is 254. The first-order valence-electron chi connectivity index (χ1n) is 5.86. The molecule has 1 saturated heterocycles. The van der Waals surface area contributed by atoms with Crippen molar-refractivity contribution < 1.29 is 9.53 Å². The van der Waals surface area contributed by atoms with Crippen molar-refractivity contribution in [2.24, 2.45) is 0 Å². The number of amides is 1. The molecular weight excluding hydrogens is 204 g/mol. The van der Waals surface area contributed by atoms with Gasteiger partial charge in [0, 0.05) is 32.3 Å². The summed E-state index contributed by atoms with van der Waals surface area (Å²) in [5.74, 6) is 0.0850. The summed E-state index contributed by atoms with van der Waals surface area (Å²) in [6, 6.07) is 0.806. The highest BCUT2D eigenvalue weighted by Gasteiger charge is 2.36. The zero-order chi connectivity index (χ0) is 12.5. The molecule has 0 aromatic rings. The lowest BCUT2D eigenvalue weighted by Crippen LogP contribution is -2.59. The zero-order valence-electron chi connectivity index (χ0n) is 11.3. The van der Waals surface area contributed by atoms with Gasteiger partial charge in [0.1, 0.15) is 5.60 Å². The number of piperazine rings is 1. The van der Waals surface area contributed by atoms with E-state index in [4.69, 9.17) is 4.74 Å². The van der Waals surface area contributed by atoms with Crippen LogP contribution in [0.5, 0.6) is 0 Å². The Morgan fingerprint density at radius 1 is 1.25 bits per heavy atom. The lowest BCUT2D eigenvalue weighted by Gasteiger charge is -2.44. The Balaban J connectivity index is 2.72. The number of likely N-dealkylation sites (N-methyl/N-ethyl adjacent to an activating group) is 1. The number of methoxy groups -OCH3 is 1.